The number of ether oxygens (including phenoxy) is 1. The fraction of sp³-hybridized carbons (Fsp3) is 0.0588. The number of carbonyl (C=O) groups is 1. The van der Waals surface area contributed by atoms with E-state index >= 15 is 0 Å². The summed E-state index contributed by atoms with van der Waals surface area (Å²) < 4.78 is 34.5. The molecular weight excluding hydrogens is 376 g/mol. The van der Waals surface area contributed by atoms with Gasteiger partial charge in [0.25, 0.3) is 10.0 Å². The molecule has 0 aliphatic rings. The summed E-state index contributed by atoms with van der Waals surface area (Å²) in [5, 5.41) is 12.3. The maximum atomic E-state index is 12.5. The molecule has 0 bridgehead atoms. The number of amides is 1. The van der Waals surface area contributed by atoms with Crippen molar-refractivity contribution in [3.63, 3.8) is 0 Å². The molecule has 2 aromatic carbocycles. The minimum atomic E-state index is -4.04. The molecule has 1 aromatic heterocycles. The van der Waals surface area contributed by atoms with Gasteiger partial charge in [-0.15, -0.1) is 4.47 Å². The normalized spacial score (nSPS) is 11.2. The summed E-state index contributed by atoms with van der Waals surface area (Å²) in [5.41, 5.74) is -0.904. The quantitative estimate of drug-likeness (QED) is 0.488. The molecule has 0 spiro atoms. The first-order valence-corrected chi connectivity index (χ1v) is 9.38. The first-order valence-electron chi connectivity index (χ1n) is 7.53. The molecule has 1 heterocycles. The van der Waals surface area contributed by atoms with Gasteiger partial charge in [0.15, 0.2) is 5.75 Å². The molecule has 27 heavy (non-hydrogen) atoms. The van der Waals surface area contributed by atoms with Crippen LogP contribution in [0.4, 0.5) is 11.4 Å². The molecule has 0 aliphatic heterocycles. The second-order valence-corrected chi connectivity index (χ2v) is 7.29. The lowest BCUT2D eigenvalue weighted by Gasteiger charge is -2.18. The molecule has 0 radical (unpaired) electrons. The number of hydrogen-bond donors (Lipinski definition) is 2. The van der Waals surface area contributed by atoms with Crippen LogP contribution in [-0.4, -0.2) is 26.3 Å². The predicted octanol–water partition coefficient (Wildman–Crippen LogP) is 2.31. The van der Waals surface area contributed by atoms with Crippen molar-refractivity contribution in [3.8, 4) is 11.5 Å². The van der Waals surface area contributed by atoms with Gasteiger partial charge in [0, 0.05) is 6.07 Å². The molecule has 10 heteroatoms. The van der Waals surface area contributed by atoms with E-state index in [1.165, 1.54) is 6.07 Å². The second kappa shape index (κ2) is 7.09. The van der Waals surface area contributed by atoms with Gasteiger partial charge in [0.05, 0.1) is 11.6 Å². The van der Waals surface area contributed by atoms with Gasteiger partial charge in [-0.05, 0) is 18.2 Å². The van der Waals surface area contributed by atoms with Crippen LogP contribution < -0.4 is 20.0 Å². The number of benzene rings is 2. The molecule has 2 N–H and O–H groups in total. The lowest BCUT2D eigenvalue weighted by atomic mass is 10.2. The Morgan fingerprint density at radius 3 is 2.56 bits per heavy atom. The average Bonchev–Trinajstić information content (AvgIpc) is 2.64. The molecule has 0 atom stereocenters. The highest BCUT2D eigenvalue weighted by atomic mass is 32.2. The van der Waals surface area contributed by atoms with Crippen molar-refractivity contribution in [2.75, 3.05) is 16.0 Å². The van der Waals surface area contributed by atoms with Crippen molar-refractivity contribution in [2.24, 2.45) is 0 Å². The first kappa shape index (κ1) is 18.4. The van der Waals surface area contributed by atoms with Gasteiger partial charge in [-0.2, -0.15) is 0 Å². The number of carbonyl (C=O) groups excluding carboxylic acids is 1. The maximum absolute atomic E-state index is 12.5. The molecule has 0 fully saturated rings. The second-order valence-electron chi connectivity index (χ2n) is 5.48. The Bertz CT molecular complexity index is 1160. The van der Waals surface area contributed by atoms with E-state index in [9.17, 15) is 23.2 Å². The summed E-state index contributed by atoms with van der Waals surface area (Å²) in [7, 11) is -4.04. The van der Waals surface area contributed by atoms with E-state index in [1.54, 1.807) is 30.3 Å². The Labute approximate surface area is 153 Å². The lowest BCUT2D eigenvalue weighted by molar-refractivity contribution is -0.105. The van der Waals surface area contributed by atoms with Crippen molar-refractivity contribution >= 4 is 38.8 Å². The van der Waals surface area contributed by atoms with E-state index < -0.39 is 15.5 Å². The van der Waals surface area contributed by atoms with E-state index in [2.05, 4.69) is 5.32 Å². The van der Waals surface area contributed by atoms with E-state index in [1.807, 2.05) is 0 Å². The summed E-state index contributed by atoms with van der Waals surface area (Å²) in [4.78, 5) is 23.1. The van der Waals surface area contributed by atoms with Gasteiger partial charge >= 0.3 is 0 Å². The highest BCUT2D eigenvalue weighted by molar-refractivity contribution is 7.91. The molecule has 9 nitrogen and oxygen atoms in total. The smallest absolute Gasteiger partial charge is 0.254 e. The van der Waals surface area contributed by atoms with Crippen LogP contribution in [0.25, 0.3) is 11.0 Å². The van der Waals surface area contributed by atoms with Crippen LogP contribution in [0.5, 0.6) is 11.5 Å². The van der Waals surface area contributed by atoms with Crippen molar-refractivity contribution in [1.82, 2.24) is 0 Å². The van der Waals surface area contributed by atoms with Crippen LogP contribution in [0.3, 0.4) is 0 Å². The molecule has 0 aliphatic carbocycles. The highest BCUT2D eigenvalue weighted by Crippen LogP contribution is 2.36. The Morgan fingerprint density at radius 2 is 1.93 bits per heavy atom. The van der Waals surface area contributed by atoms with Crippen LogP contribution in [0.2, 0.25) is 0 Å². The molecule has 3 rings (SSSR count). The predicted molar refractivity (Wildman–Crippen MR) is 97.8 cm³/mol. The Kier molecular flexibility index (Phi) is 4.84. The fourth-order valence-corrected chi connectivity index (χ4v) is 2.83. The van der Waals surface area contributed by atoms with E-state index in [-0.39, 0.29) is 32.6 Å². The number of nitrogens with zero attached hydrogens (tertiary/aromatic N) is 1. The van der Waals surface area contributed by atoms with Gasteiger partial charge in [-0.25, -0.2) is 8.42 Å². The van der Waals surface area contributed by atoms with Crippen LogP contribution in [0, 0.1) is 0 Å². The van der Waals surface area contributed by atoms with Gasteiger partial charge in [0.2, 0.25) is 11.8 Å². The summed E-state index contributed by atoms with van der Waals surface area (Å²) >= 11 is 0. The van der Waals surface area contributed by atoms with Crippen LogP contribution >= 0.6 is 0 Å². The van der Waals surface area contributed by atoms with Crippen molar-refractivity contribution in [3.05, 3.63) is 59.0 Å². The van der Waals surface area contributed by atoms with E-state index in [0.717, 1.165) is 18.6 Å². The maximum Gasteiger partial charge on any atom is 0.254 e. The molecule has 1 amide bonds. The highest BCUT2D eigenvalue weighted by Gasteiger charge is 2.22. The molecule has 0 saturated carbocycles. The Balaban J connectivity index is 2.25. The minimum Gasteiger partial charge on any atom is -0.462 e. The van der Waals surface area contributed by atoms with Gasteiger partial charge < -0.3 is 14.5 Å². The number of para-hydroxylation sites is 1. The minimum absolute atomic E-state index is 0.00504. The number of hydrogen-bond acceptors (Lipinski definition) is 7. The zero-order chi connectivity index (χ0) is 19.6. The van der Waals surface area contributed by atoms with E-state index in [4.69, 9.17) is 9.15 Å². The molecule has 140 valence electrons. The van der Waals surface area contributed by atoms with Crippen LogP contribution in [-0.2, 0) is 14.8 Å². The van der Waals surface area contributed by atoms with Gasteiger partial charge in [-0.1, -0.05) is 18.2 Å². The van der Waals surface area contributed by atoms with Gasteiger partial charge in [0.1, 0.15) is 29.0 Å². The van der Waals surface area contributed by atoms with Gasteiger partial charge in [-0.3, -0.25) is 14.8 Å². The molecule has 3 aromatic rings. The fourth-order valence-electron chi connectivity index (χ4n) is 2.33. The SMILES string of the molecule is CS(=O)(=O)N(O)c1cc2occ(NC=O)c(=O)c2cc1Oc1ccccc1. The average molecular weight is 390 g/mol. The van der Waals surface area contributed by atoms with Crippen molar-refractivity contribution < 1.29 is 27.6 Å². The number of nitrogens with one attached hydrogen (secondary N) is 1. The first-order chi connectivity index (χ1) is 12.8. The third-order valence-corrected chi connectivity index (χ3v) is 4.38. The zero-order valence-corrected chi connectivity index (χ0v) is 14.8. The number of rotatable bonds is 6. The number of fused-ring (bicyclic) bond motifs is 1. The number of anilines is 2. The van der Waals surface area contributed by atoms with Crippen molar-refractivity contribution in [1.29, 1.82) is 0 Å². The Hall–Kier alpha value is -3.37. The lowest BCUT2D eigenvalue weighted by Crippen LogP contribution is -2.26. The molecule has 0 unspecified atom stereocenters. The number of sulfonamides is 1. The Morgan fingerprint density at radius 1 is 1.22 bits per heavy atom. The summed E-state index contributed by atoms with van der Waals surface area (Å²) in [6, 6.07) is 10.8. The third kappa shape index (κ3) is 3.76. The summed E-state index contributed by atoms with van der Waals surface area (Å²) in [6.45, 7) is 0. The third-order valence-electron chi connectivity index (χ3n) is 3.56. The zero-order valence-electron chi connectivity index (χ0n) is 13.9. The summed E-state index contributed by atoms with van der Waals surface area (Å²) in [6.07, 6.45) is 2.15. The van der Waals surface area contributed by atoms with Crippen LogP contribution in [0.15, 0.2) is 57.9 Å². The van der Waals surface area contributed by atoms with Crippen molar-refractivity contribution in [2.45, 2.75) is 0 Å². The molecule has 0 saturated heterocycles. The molecular formula is C17H14N2O7S. The van der Waals surface area contributed by atoms with Crippen LogP contribution in [0.1, 0.15) is 0 Å². The standard InChI is InChI=1S/C17H14N2O7S/c1-27(23,24)19(22)14-8-15-12(17(21)13(9-25-15)18-10-20)7-16(14)26-11-5-3-2-4-6-11/h2-10,22H,1H3,(H,18,20). The largest absolute Gasteiger partial charge is 0.462 e. The summed E-state index contributed by atoms with van der Waals surface area (Å²) in [5.74, 6) is 0.253. The van der Waals surface area contributed by atoms with E-state index in [0.29, 0.717) is 12.2 Å². The monoisotopic (exact) mass is 390 g/mol. The topological polar surface area (TPSA) is 126 Å².